The van der Waals surface area contributed by atoms with Crippen molar-refractivity contribution in [3.05, 3.63) is 22.8 Å². The smallest absolute Gasteiger partial charge is 0.110 e. The highest BCUT2D eigenvalue weighted by Gasteiger charge is 2.17. The second-order valence-electron chi connectivity index (χ2n) is 3.59. The number of thioether (sulfide) groups is 1. The zero-order chi connectivity index (χ0) is 11.3. The zero-order valence-electron chi connectivity index (χ0n) is 8.61. The summed E-state index contributed by atoms with van der Waals surface area (Å²) in [5.41, 5.74) is 4.66. The van der Waals surface area contributed by atoms with Crippen molar-refractivity contribution >= 4 is 27.7 Å². The van der Waals surface area contributed by atoms with E-state index in [1.54, 1.807) is 24.9 Å². The van der Waals surface area contributed by atoms with Gasteiger partial charge in [-0.3, -0.25) is 0 Å². The van der Waals surface area contributed by atoms with Crippen LogP contribution in [0.4, 0.5) is 0 Å². The third kappa shape index (κ3) is 4.51. The van der Waals surface area contributed by atoms with E-state index in [0.29, 0.717) is 6.42 Å². The summed E-state index contributed by atoms with van der Waals surface area (Å²) in [4.78, 5) is 4.23. The molecule has 15 heavy (non-hydrogen) atoms. The summed E-state index contributed by atoms with van der Waals surface area (Å²) in [5, 5.41) is 10.6. The van der Waals surface area contributed by atoms with E-state index in [9.17, 15) is 5.11 Å². The van der Waals surface area contributed by atoms with Gasteiger partial charge in [-0.15, -0.1) is 11.8 Å². The molecule has 3 nitrogen and oxygen atoms in total. The summed E-state index contributed by atoms with van der Waals surface area (Å²) < 4.78 is 0.988. The van der Waals surface area contributed by atoms with Crippen LogP contribution >= 0.6 is 27.7 Å². The van der Waals surface area contributed by atoms with Gasteiger partial charge < -0.3 is 10.8 Å². The van der Waals surface area contributed by atoms with Crippen LogP contribution in [0.1, 0.15) is 13.3 Å². The van der Waals surface area contributed by atoms with E-state index in [4.69, 9.17) is 5.73 Å². The highest BCUT2D eigenvalue weighted by molar-refractivity contribution is 9.10. The Balaban J connectivity index is 2.42. The molecule has 1 atom stereocenters. The van der Waals surface area contributed by atoms with Crippen LogP contribution in [0.3, 0.4) is 0 Å². The van der Waals surface area contributed by atoms with Gasteiger partial charge in [0, 0.05) is 23.0 Å². The molecule has 0 saturated heterocycles. The number of aromatic nitrogens is 1. The molecule has 0 fully saturated rings. The lowest BCUT2D eigenvalue weighted by Crippen LogP contribution is -2.34. The van der Waals surface area contributed by atoms with Gasteiger partial charge in [0.1, 0.15) is 5.03 Å². The van der Waals surface area contributed by atoms with Crippen molar-refractivity contribution in [3.8, 4) is 0 Å². The molecule has 0 radical (unpaired) electrons. The van der Waals surface area contributed by atoms with Gasteiger partial charge in [-0.05, 0) is 41.4 Å². The summed E-state index contributed by atoms with van der Waals surface area (Å²) in [7, 11) is 0. The number of hydrogen-bond acceptors (Lipinski definition) is 4. The van der Waals surface area contributed by atoms with Crippen LogP contribution in [0.2, 0.25) is 0 Å². The Labute approximate surface area is 103 Å². The molecule has 0 aromatic carbocycles. The molecule has 0 bridgehead atoms. The normalized spacial score (nSPS) is 14.9. The molecule has 0 amide bonds. The van der Waals surface area contributed by atoms with E-state index in [0.717, 1.165) is 15.3 Å². The number of pyridine rings is 1. The van der Waals surface area contributed by atoms with Gasteiger partial charge in [-0.25, -0.2) is 4.98 Å². The number of aliphatic hydroxyl groups is 1. The quantitative estimate of drug-likeness (QED) is 0.815. The summed E-state index contributed by atoms with van der Waals surface area (Å²) in [6.45, 7) is 2.04. The van der Waals surface area contributed by atoms with Gasteiger partial charge >= 0.3 is 0 Å². The molecule has 1 heterocycles. The summed E-state index contributed by atoms with van der Waals surface area (Å²) >= 11 is 5.04. The zero-order valence-corrected chi connectivity index (χ0v) is 11.0. The third-order valence-electron chi connectivity index (χ3n) is 2.04. The Bertz CT molecular complexity index is 320. The molecular formula is C10H15BrN2OS. The molecule has 3 N–H and O–H groups in total. The van der Waals surface area contributed by atoms with Crippen molar-refractivity contribution in [1.82, 2.24) is 4.98 Å². The van der Waals surface area contributed by atoms with Crippen LogP contribution in [0.25, 0.3) is 0 Å². The Morgan fingerprint density at radius 1 is 1.67 bits per heavy atom. The maximum absolute atomic E-state index is 9.70. The van der Waals surface area contributed by atoms with Gasteiger partial charge in [0.25, 0.3) is 0 Å². The van der Waals surface area contributed by atoms with Gasteiger partial charge in [0.05, 0.1) is 5.60 Å². The lowest BCUT2D eigenvalue weighted by atomic mass is 10.1. The Morgan fingerprint density at radius 2 is 2.40 bits per heavy atom. The van der Waals surface area contributed by atoms with E-state index in [1.807, 2.05) is 12.1 Å². The molecule has 0 aliphatic carbocycles. The summed E-state index contributed by atoms with van der Waals surface area (Å²) in [6.07, 6.45) is 2.42. The minimum absolute atomic E-state index is 0.289. The lowest BCUT2D eigenvalue weighted by molar-refractivity contribution is 0.0665. The van der Waals surface area contributed by atoms with Crippen LogP contribution < -0.4 is 5.73 Å². The highest BCUT2D eigenvalue weighted by atomic mass is 79.9. The third-order valence-corrected chi connectivity index (χ3v) is 3.95. The van der Waals surface area contributed by atoms with Crippen molar-refractivity contribution in [1.29, 1.82) is 0 Å². The molecular weight excluding hydrogens is 276 g/mol. The fourth-order valence-corrected chi connectivity index (χ4v) is 2.62. The van der Waals surface area contributed by atoms with Crippen LogP contribution in [0.15, 0.2) is 27.8 Å². The number of halogens is 1. The minimum Gasteiger partial charge on any atom is -0.389 e. The number of hydrogen-bond donors (Lipinski definition) is 2. The van der Waals surface area contributed by atoms with E-state index in [2.05, 4.69) is 20.9 Å². The van der Waals surface area contributed by atoms with E-state index in [1.165, 1.54) is 0 Å². The minimum atomic E-state index is -0.770. The topological polar surface area (TPSA) is 59.1 Å². The molecule has 5 heteroatoms. The van der Waals surface area contributed by atoms with Crippen LogP contribution in [0, 0.1) is 0 Å². The molecule has 0 saturated carbocycles. The summed E-state index contributed by atoms with van der Waals surface area (Å²) in [6, 6.07) is 3.83. The molecule has 1 aromatic rings. The number of nitrogens with zero attached hydrogens (tertiary/aromatic N) is 1. The molecule has 1 rings (SSSR count). The number of rotatable bonds is 5. The predicted octanol–water partition coefficient (Wildman–Crippen LogP) is 2.04. The van der Waals surface area contributed by atoms with Crippen molar-refractivity contribution in [3.63, 3.8) is 0 Å². The molecule has 0 spiro atoms. The van der Waals surface area contributed by atoms with Crippen LogP contribution in [-0.2, 0) is 0 Å². The van der Waals surface area contributed by atoms with Gasteiger partial charge in [0.2, 0.25) is 0 Å². The summed E-state index contributed by atoms with van der Waals surface area (Å²) in [5.74, 6) is 0.805. The van der Waals surface area contributed by atoms with Gasteiger partial charge in [-0.2, -0.15) is 0 Å². The Hall–Kier alpha value is -0.100. The average Bonchev–Trinajstić information content (AvgIpc) is 2.21. The molecule has 84 valence electrons. The second kappa shape index (κ2) is 5.84. The molecule has 1 aromatic heterocycles. The van der Waals surface area contributed by atoms with Gasteiger partial charge in [0.15, 0.2) is 0 Å². The highest BCUT2D eigenvalue weighted by Crippen LogP contribution is 2.26. The monoisotopic (exact) mass is 290 g/mol. The van der Waals surface area contributed by atoms with Crippen LogP contribution in [0.5, 0.6) is 0 Å². The Morgan fingerprint density at radius 3 is 3.00 bits per heavy atom. The Kier molecular flexibility index (Phi) is 5.05. The first-order valence-electron chi connectivity index (χ1n) is 4.71. The van der Waals surface area contributed by atoms with Crippen molar-refractivity contribution in [2.45, 2.75) is 24.0 Å². The van der Waals surface area contributed by atoms with Gasteiger partial charge in [-0.1, -0.05) is 0 Å². The maximum Gasteiger partial charge on any atom is 0.110 e. The average molecular weight is 291 g/mol. The maximum atomic E-state index is 9.70. The lowest BCUT2D eigenvalue weighted by Gasteiger charge is -2.20. The first-order valence-corrected chi connectivity index (χ1v) is 6.49. The first kappa shape index (κ1) is 13.0. The van der Waals surface area contributed by atoms with Crippen molar-refractivity contribution < 1.29 is 5.11 Å². The largest absolute Gasteiger partial charge is 0.389 e. The fraction of sp³-hybridized carbons (Fsp3) is 0.500. The second-order valence-corrected chi connectivity index (χ2v) is 5.53. The van der Waals surface area contributed by atoms with Crippen molar-refractivity contribution in [2.24, 2.45) is 5.73 Å². The molecule has 1 unspecified atom stereocenters. The molecule has 0 aliphatic heterocycles. The van der Waals surface area contributed by atoms with E-state index in [-0.39, 0.29) is 6.54 Å². The SMILES string of the molecule is CC(O)(CN)CCSc1ncccc1Br. The van der Waals surface area contributed by atoms with Crippen molar-refractivity contribution in [2.75, 3.05) is 12.3 Å². The predicted molar refractivity (Wildman–Crippen MR) is 67.0 cm³/mol. The van der Waals surface area contributed by atoms with E-state index < -0.39 is 5.60 Å². The molecule has 0 aliphatic rings. The fourth-order valence-electron chi connectivity index (χ4n) is 0.947. The standard InChI is InChI=1S/C10H15BrN2OS/c1-10(14,7-12)4-6-15-9-8(11)3-2-5-13-9/h2-3,5,14H,4,6-7,12H2,1H3. The first-order chi connectivity index (χ1) is 7.05. The number of nitrogens with two attached hydrogens (primary N) is 1. The van der Waals surface area contributed by atoms with Crippen LogP contribution in [-0.4, -0.2) is 28.0 Å². The van der Waals surface area contributed by atoms with E-state index >= 15 is 0 Å².